The first-order valence-corrected chi connectivity index (χ1v) is 6.94. The summed E-state index contributed by atoms with van der Waals surface area (Å²) in [6.07, 6.45) is 5.81. The third kappa shape index (κ3) is 2.72. The summed E-state index contributed by atoms with van der Waals surface area (Å²) in [5.41, 5.74) is 0.642. The Labute approximate surface area is 126 Å². The Morgan fingerprint density at radius 3 is 2.59 bits per heavy atom. The molecule has 0 saturated carbocycles. The van der Waals surface area contributed by atoms with Gasteiger partial charge in [-0.2, -0.15) is 0 Å². The van der Waals surface area contributed by atoms with Crippen LogP contribution in [0.15, 0.2) is 24.9 Å². The molecule has 0 spiro atoms. The molecule has 1 fully saturated rings. The molecule has 1 aliphatic rings. The van der Waals surface area contributed by atoms with Gasteiger partial charge >= 0.3 is 0 Å². The number of hydrogen-bond acceptors (Lipinski definition) is 6. The van der Waals surface area contributed by atoms with Crippen molar-refractivity contribution in [3.05, 3.63) is 42.1 Å². The van der Waals surface area contributed by atoms with E-state index in [4.69, 9.17) is 0 Å². The molecule has 1 aliphatic heterocycles. The normalized spacial score (nSPS) is 15.0. The van der Waals surface area contributed by atoms with Gasteiger partial charge in [0.1, 0.15) is 12.0 Å². The van der Waals surface area contributed by atoms with E-state index >= 15 is 0 Å². The van der Waals surface area contributed by atoms with E-state index < -0.39 is 5.82 Å². The molecule has 1 saturated heterocycles. The van der Waals surface area contributed by atoms with Crippen molar-refractivity contribution in [1.29, 1.82) is 0 Å². The third-order valence-electron chi connectivity index (χ3n) is 3.59. The monoisotopic (exact) mass is 302 g/mol. The Hall–Kier alpha value is -2.64. The van der Waals surface area contributed by atoms with Crippen molar-refractivity contribution in [1.82, 2.24) is 24.8 Å². The van der Waals surface area contributed by atoms with Crippen LogP contribution < -0.4 is 4.90 Å². The molecule has 3 heterocycles. The molecule has 2 aromatic heterocycles. The summed E-state index contributed by atoms with van der Waals surface area (Å²) in [6, 6.07) is 0. The number of hydrogen-bond donors (Lipinski definition) is 0. The van der Waals surface area contributed by atoms with E-state index in [2.05, 4.69) is 19.9 Å². The van der Waals surface area contributed by atoms with Crippen LogP contribution in [0.5, 0.6) is 0 Å². The van der Waals surface area contributed by atoms with Gasteiger partial charge in [-0.3, -0.25) is 9.78 Å². The maximum Gasteiger partial charge on any atom is 0.274 e. The number of carbonyl (C=O) groups excluding carboxylic acids is 1. The summed E-state index contributed by atoms with van der Waals surface area (Å²) >= 11 is 0. The molecule has 0 aliphatic carbocycles. The van der Waals surface area contributed by atoms with Crippen LogP contribution >= 0.6 is 0 Å². The van der Waals surface area contributed by atoms with E-state index in [0.717, 1.165) is 0 Å². The quantitative estimate of drug-likeness (QED) is 0.812. The first kappa shape index (κ1) is 14.3. The number of anilines is 1. The second-order valence-corrected chi connectivity index (χ2v) is 4.97. The zero-order valence-corrected chi connectivity index (χ0v) is 12.1. The van der Waals surface area contributed by atoms with Gasteiger partial charge in [0, 0.05) is 38.6 Å². The molecule has 22 heavy (non-hydrogen) atoms. The maximum absolute atomic E-state index is 14.0. The van der Waals surface area contributed by atoms with E-state index in [1.165, 1.54) is 24.9 Å². The van der Waals surface area contributed by atoms with Crippen molar-refractivity contribution in [2.45, 2.75) is 6.92 Å². The number of halogens is 1. The van der Waals surface area contributed by atoms with E-state index in [-0.39, 0.29) is 5.91 Å². The van der Waals surface area contributed by atoms with E-state index in [0.29, 0.717) is 43.4 Å². The van der Waals surface area contributed by atoms with Gasteiger partial charge in [-0.15, -0.1) is 0 Å². The third-order valence-corrected chi connectivity index (χ3v) is 3.59. The Morgan fingerprint density at radius 2 is 1.91 bits per heavy atom. The Balaban J connectivity index is 1.68. The lowest BCUT2D eigenvalue weighted by Crippen LogP contribution is -2.49. The number of aromatic nitrogens is 4. The lowest BCUT2D eigenvalue weighted by Gasteiger charge is -2.35. The Morgan fingerprint density at radius 1 is 1.14 bits per heavy atom. The minimum absolute atomic E-state index is 0.160. The standard InChI is InChI=1S/C14H15FN6O/c1-10-12(15)13(19-9-18-10)20-4-6-21(7-5-20)14(22)11-8-16-2-3-17-11/h2-3,8-9H,4-7H2,1H3. The molecular formula is C14H15FN6O. The summed E-state index contributed by atoms with van der Waals surface area (Å²) in [5, 5.41) is 0. The van der Waals surface area contributed by atoms with Crippen LogP contribution in [0.1, 0.15) is 16.2 Å². The largest absolute Gasteiger partial charge is 0.351 e. The summed E-state index contributed by atoms with van der Waals surface area (Å²) in [7, 11) is 0. The van der Waals surface area contributed by atoms with Gasteiger partial charge < -0.3 is 9.80 Å². The summed E-state index contributed by atoms with van der Waals surface area (Å²) in [6.45, 7) is 3.60. The van der Waals surface area contributed by atoms with E-state index in [1.807, 2.05) is 4.90 Å². The van der Waals surface area contributed by atoms with Gasteiger partial charge in [-0.05, 0) is 6.92 Å². The van der Waals surface area contributed by atoms with Gasteiger partial charge in [0.15, 0.2) is 11.6 Å². The predicted molar refractivity (Wildman–Crippen MR) is 76.9 cm³/mol. The molecule has 0 N–H and O–H groups in total. The van der Waals surface area contributed by atoms with Crippen LogP contribution in [0, 0.1) is 12.7 Å². The molecular weight excluding hydrogens is 287 g/mol. The fraction of sp³-hybridized carbons (Fsp3) is 0.357. The second kappa shape index (κ2) is 6.00. The number of amides is 1. The van der Waals surface area contributed by atoms with Crippen molar-refractivity contribution in [2.24, 2.45) is 0 Å². The topological polar surface area (TPSA) is 75.1 Å². The summed E-state index contributed by atoms with van der Waals surface area (Å²) in [5.74, 6) is -0.276. The molecule has 8 heteroatoms. The lowest BCUT2D eigenvalue weighted by atomic mass is 10.2. The molecule has 7 nitrogen and oxygen atoms in total. The Bertz CT molecular complexity index is 672. The number of piperazine rings is 1. The minimum Gasteiger partial charge on any atom is -0.351 e. The van der Waals surface area contributed by atoms with Gasteiger partial charge in [0.25, 0.3) is 5.91 Å². The van der Waals surface area contributed by atoms with Gasteiger partial charge in [-0.1, -0.05) is 0 Å². The highest BCUT2D eigenvalue weighted by molar-refractivity contribution is 5.92. The fourth-order valence-corrected chi connectivity index (χ4v) is 2.36. The number of aryl methyl sites for hydroxylation is 1. The molecule has 2 aromatic rings. The fourth-order valence-electron chi connectivity index (χ4n) is 2.36. The molecule has 0 radical (unpaired) electrons. The maximum atomic E-state index is 14.0. The second-order valence-electron chi connectivity index (χ2n) is 4.97. The predicted octanol–water partition coefficient (Wildman–Crippen LogP) is 0.677. The smallest absolute Gasteiger partial charge is 0.274 e. The molecule has 114 valence electrons. The van der Waals surface area contributed by atoms with Crippen molar-refractivity contribution >= 4 is 11.7 Å². The van der Waals surface area contributed by atoms with Crippen LogP contribution in [0.4, 0.5) is 10.2 Å². The molecule has 0 bridgehead atoms. The van der Waals surface area contributed by atoms with E-state index in [1.54, 1.807) is 11.8 Å². The zero-order valence-electron chi connectivity index (χ0n) is 12.1. The molecule has 0 atom stereocenters. The van der Waals surface area contributed by atoms with Crippen LogP contribution in [0.2, 0.25) is 0 Å². The number of nitrogens with zero attached hydrogens (tertiary/aromatic N) is 6. The molecule has 3 rings (SSSR count). The van der Waals surface area contributed by atoms with Crippen molar-refractivity contribution in [2.75, 3.05) is 31.1 Å². The highest BCUT2D eigenvalue weighted by Crippen LogP contribution is 2.19. The van der Waals surface area contributed by atoms with Crippen molar-refractivity contribution in [3.63, 3.8) is 0 Å². The van der Waals surface area contributed by atoms with Crippen LogP contribution in [0.3, 0.4) is 0 Å². The highest BCUT2D eigenvalue weighted by Gasteiger charge is 2.25. The van der Waals surface area contributed by atoms with Crippen molar-refractivity contribution in [3.8, 4) is 0 Å². The molecule has 0 unspecified atom stereocenters. The summed E-state index contributed by atoms with van der Waals surface area (Å²) < 4.78 is 14.0. The van der Waals surface area contributed by atoms with Crippen LogP contribution in [0.25, 0.3) is 0 Å². The van der Waals surface area contributed by atoms with Gasteiger partial charge in [0.2, 0.25) is 0 Å². The minimum atomic E-state index is -0.406. The van der Waals surface area contributed by atoms with Gasteiger partial charge in [-0.25, -0.2) is 19.3 Å². The highest BCUT2D eigenvalue weighted by atomic mass is 19.1. The van der Waals surface area contributed by atoms with Crippen LogP contribution in [-0.2, 0) is 0 Å². The van der Waals surface area contributed by atoms with E-state index in [9.17, 15) is 9.18 Å². The zero-order chi connectivity index (χ0) is 15.5. The first-order chi connectivity index (χ1) is 10.7. The van der Waals surface area contributed by atoms with Gasteiger partial charge in [0.05, 0.1) is 11.9 Å². The SMILES string of the molecule is Cc1ncnc(N2CCN(C(=O)c3cnccn3)CC2)c1F. The van der Waals surface area contributed by atoms with Crippen molar-refractivity contribution < 1.29 is 9.18 Å². The molecule has 1 amide bonds. The number of rotatable bonds is 2. The Kier molecular flexibility index (Phi) is 3.90. The average molecular weight is 302 g/mol. The molecule has 0 aromatic carbocycles. The average Bonchev–Trinajstić information content (AvgIpc) is 2.58. The lowest BCUT2D eigenvalue weighted by molar-refractivity contribution is 0.0740. The number of carbonyl (C=O) groups is 1. The first-order valence-electron chi connectivity index (χ1n) is 6.94. The summed E-state index contributed by atoms with van der Waals surface area (Å²) in [4.78, 5) is 31.5. The van der Waals surface area contributed by atoms with Crippen LogP contribution in [-0.4, -0.2) is 56.9 Å².